The number of carbonyl (C=O) groups excluding carboxylic acids is 2. The standard InChI is InChI=1S/C8H9NO3S/c1-3-12-8(11)7-5(2)9-6(4-10)13-7/h4H,3H2,1-2H3. The molecule has 0 atom stereocenters. The van der Waals surface area contributed by atoms with Crippen molar-refractivity contribution < 1.29 is 14.3 Å². The van der Waals surface area contributed by atoms with Crippen molar-refractivity contribution in [2.24, 2.45) is 0 Å². The first-order chi connectivity index (χ1) is 6.19. The molecular formula is C8H9NO3S. The number of hydrogen-bond donors (Lipinski definition) is 0. The number of hydrogen-bond acceptors (Lipinski definition) is 5. The first-order valence-corrected chi connectivity index (χ1v) is 4.60. The van der Waals surface area contributed by atoms with Crippen LogP contribution in [-0.4, -0.2) is 23.8 Å². The molecule has 0 aliphatic heterocycles. The van der Waals surface area contributed by atoms with Gasteiger partial charge in [-0.3, -0.25) is 4.79 Å². The number of rotatable bonds is 3. The van der Waals surface area contributed by atoms with Crippen molar-refractivity contribution in [1.29, 1.82) is 0 Å². The molecule has 0 aliphatic carbocycles. The van der Waals surface area contributed by atoms with E-state index in [1.807, 2.05) is 0 Å². The second kappa shape index (κ2) is 4.13. The third-order valence-electron chi connectivity index (χ3n) is 1.37. The van der Waals surface area contributed by atoms with Gasteiger partial charge in [0.2, 0.25) is 0 Å². The molecule has 0 amide bonds. The van der Waals surface area contributed by atoms with Gasteiger partial charge in [0.25, 0.3) is 0 Å². The van der Waals surface area contributed by atoms with E-state index < -0.39 is 5.97 Å². The van der Waals surface area contributed by atoms with Crippen molar-refractivity contribution in [1.82, 2.24) is 4.98 Å². The molecule has 0 bridgehead atoms. The highest BCUT2D eigenvalue weighted by Gasteiger charge is 2.15. The van der Waals surface area contributed by atoms with E-state index in [0.29, 0.717) is 28.5 Å². The lowest BCUT2D eigenvalue weighted by Gasteiger charge is -1.97. The molecule has 1 aromatic rings. The van der Waals surface area contributed by atoms with Crippen LogP contribution in [0.5, 0.6) is 0 Å². The van der Waals surface area contributed by atoms with Crippen LogP contribution in [0.25, 0.3) is 0 Å². The lowest BCUT2D eigenvalue weighted by atomic mass is 10.4. The van der Waals surface area contributed by atoms with E-state index in [4.69, 9.17) is 4.74 Å². The Labute approximate surface area is 79.6 Å². The van der Waals surface area contributed by atoms with Gasteiger partial charge in [0, 0.05) is 0 Å². The van der Waals surface area contributed by atoms with Crippen molar-refractivity contribution in [2.75, 3.05) is 6.61 Å². The number of ether oxygens (including phenoxy) is 1. The van der Waals surface area contributed by atoms with Gasteiger partial charge in [0.15, 0.2) is 11.3 Å². The van der Waals surface area contributed by atoms with Gasteiger partial charge >= 0.3 is 5.97 Å². The van der Waals surface area contributed by atoms with Crippen molar-refractivity contribution in [3.8, 4) is 0 Å². The molecule has 4 nitrogen and oxygen atoms in total. The lowest BCUT2D eigenvalue weighted by molar-refractivity contribution is 0.0531. The minimum atomic E-state index is -0.411. The molecule has 70 valence electrons. The van der Waals surface area contributed by atoms with E-state index >= 15 is 0 Å². The van der Waals surface area contributed by atoms with E-state index in [-0.39, 0.29) is 0 Å². The second-order valence-corrected chi connectivity index (χ2v) is 3.34. The minimum absolute atomic E-state index is 0.306. The third-order valence-corrected chi connectivity index (χ3v) is 2.44. The zero-order valence-corrected chi connectivity index (χ0v) is 8.18. The molecule has 0 spiro atoms. The maximum Gasteiger partial charge on any atom is 0.350 e. The highest BCUT2D eigenvalue weighted by Crippen LogP contribution is 2.17. The molecule has 1 aromatic heterocycles. The lowest BCUT2D eigenvalue weighted by Crippen LogP contribution is -2.03. The van der Waals surface area contributed by atoms with E-state index in [2.05, 4.69) is 4.98 Å². The van der Waals surface area contributed by atoms with Gasteiger partial charge in [-0.1, -0.05) is 0 Å². The molecule has 1 heterocycles. The van der Waals surface area contributed by atoms with Gasteiger partial charge < -0.3 is 4.74 Å². The Bertz CT molecular complexity index is 332. The summed E-state index contributed by atoms with van der Waals surface area (Å²) in [6.45, 7) is 3.73. The predicted octanol–water partition coefficient (Wildman–Crippen LogP) is 1.44. The first-order valence-electron chi connectivity index (χ1n) is 3.78. The Balaban J connectivity index is 2.93. The fourth-order valence-electron chi connectivity index (χ4n) is 0.854. The molecule has 0 aromatic carbocycles. The Morgan fingerprint density at radius 1 is 1.69 bits per heavy atom. The van der Waals surface area contributed by atoms with Crippen LogP contribution in [0.1, 0.15) is 32.1 Å². The summed E-state index contributed by atoms with van der Waals surface area (Å²) in [5.41, 5.74) is 0.547. The Morgan fingerprint density at radius 2 is 2.38 bits per heavy atom. The molecule has 0 aliphatic rings. The van der Waals surface area contributed by atoms with Gasteiger partial charge in [-0.05, 0) is 13.8 Å². The number of esters is 1. The summed E-state index contributed by atoms with van der Waals surface area (Å²) < 4.78 is 4.78. The maximum absolute atomic E-state index is 11.2. The van der Waals surface area contributed by atoms with Gasteiger partial charge in [-0.15, -0.1) is 11.3 Å². The average Bonchev–Trinajstić information content (AvgIpc) is 2.47. The summed E-state index contributed by atoms with van der Waals surface area (Å²) in [5, 5.41) is 0.306. The smallest absolute Gasteiger partial charge is 0.350 e. The van der Waals surface area contributed by atoms with Crippen molar-refractivity contribution in [3.63, 3.8) is 0 Å². The fourth-order valence-corrected chi connectivity index (χ4v) is 1.63. The van der Waals surface area contributed by atoms with Gasteiger partial charge in [0.1, 0.15) is 4.88 Å². The van der Waals surface area contributed by atoms with E-state index in [9.17, 15) is 9.59 Å². The summed E-state index contributed by atoms with van der Waals surface area (Å²) >= 11 is 1.05. The van der Waals surface area contributed by atoms with E-state index in [1.165, 1.54) is 0 Å². The van der Waals surface area contributed by atoms with Gasteiger partial charge in [-0.25, -0.2) is 9.78 Å². The fraction of sp³-hybridized carbons (Fsp3) is 0.375. The summed E-state index contributed by atoms with van der Waals surface area (Å²) in [4.78, 5) is 25.9. The molecule has 0 saturated carbocycles. The Morgan fingerprint density at radius 3 is 2.85 bits per heavy atom. The van der Waals surface area contributed by atoms with Crippen LogP contribution < -0.4 is 0 Å². The number of aldehydes is 1. The van der Waals surface area contributed by atoms with E-state index in [0.717, 1.165) is 11.3 Å². The number of thiazole rings is 1. The van der Waals surface area contributed by atoms with Crippen LogP contribution in [0.4, 0.5) is 0 Å². The van der Waals surface area contributed by atoms with Crippen LogP contribution in [0.3, 0.4) is 0 Å². The normalized spacial score (nSPS) is 9.69. The topological polar surface area (TPSA) is 56.3 Å². The molecule has 13 heavy (non-hydrogen) atoms. The second-order valence-electron chi connectivity index (χ2n) is 2.30. The highest BCUT2D eigenvalue weighted by molar-refractivity contribution is 7.15. The average molecular weight is 199 g/mol. The molecule has 0 fully saturated rings. The predicted molar refractivity (Wildman–Crippen MR) is 48.2 cm³/mol. The largest absolute Gasteiger partial charge is 0.462 e. The van der Waals surface area contributed by atoms with Crippen molar-refractivity contribution in [2.45, 2.75) is 13.8 Å². The number of aromatic nitrogens is 1. The molecule has 0 N–H and O–H groups in total. The van der Waals surface area contributed by atoms with Crippen LogP contribution >= 0.6 is 11.3 Å². The van der Waals surface area contributed by atoms with Gasteiger partial charge in [0.05, 0.1) is 12.3 Å². The minimum Gasteiger partial charge on any atom is -0.462 e. The number of nitrogens with zero attached hydrogens (tertiary/aromatic N) is 1. The molecule has 5 heteroatoms. The monoisotopic (exact) mass is 199 g/mol. The van der Waals surface area contributed by atoms with Crippen LogP contribution in [0.2, 0.25) is 0 Å². The van der Waals surface area contributed by atoms with Crippen LogP contribution in [0, 0.1) is 6.92 Å². The number of aryl methyl sites for hydroxylation is 1. The zero-order chi connectivity index (χ0) is 9.84. The number of carbonyl (C=O) groups is 2. The maximum atomic E-state index is 11.2. The van der Waals surface area contributed by atoms with E-state index in [1.54, 1.807) is 13.8 Å². The molecule has 1 rings (SSSR count). The summed E-state index contributed by atoms with van der Waals surface area (Å²) in [7, 11) is 0. The Hall–Kier alpha value is -1.23. The summed E-state index contributed by atoms with van der Waals surface area (Å²) in [6.07, 6.45) is 0.625. The third kappa shape index (κ3) is 2.12. The molecule has 0 radical (unpaired) electrons. The Kier molecular flexibility index (Phi) is 3.13. The molecule has 0 saturated heterocycles. The SMILES string of the molecule is CCOC(=O)c1sc(C=O)nc1C. The summed E-state index contributed by atoms with van der Waals surface area (Å²) in [5.74, 6) is -0.411. The van der Waals surface area contributed by atoms with Gasteiger partial charge in [-0.2, -0.15) is 0 Å². The van der Waals surface area contributed by atoms with Crippen LogP contribution in [-0.2, 0) is 4.74 Å². The van der Waals surface area contributed by atoms with Crippen molar-refractivity contribution >= 4 is 23.6 Å². The highest BCUT2D eigenvalue weighted by atomic mass is 32.1. The zero-order valence-electron chi connectivity index (χ0n) is 7.36. The quantitative estimate of drug-likeness (QED) is 0.546. The van der Waals surface area contributed by atoms with Crippen molar-refractivity contribution in [3.05, 3.63) is 15.6 Å². The first kappa shape index (κ1) is 9.85. The summed E-state index contributed by atoms with van der Waals surface area (Å²) in [6, 6.07) is 0. The molecular weight excluding hydrogens is 190 g/mol. The molecule has 0 unspecified atom stereocenters. The van der Waals surface area contributed by atoms with Crippen LogP contribution in [0.15, 0.2) is 0 Å².